The topological polar surface area (TPSA) is 52.2 Å². The Labute approximate surface area is 123 Å². The third-order valence-electron chi connectivity index (χ3n) is 4.41. The second-order valence-electron chi connectivity index (χ2n) is 6.02. The van der Waals surface area contributed by atoms with Crippen LogP contribution in [0.15, 0.2) is 24.3 Å². The van der Waals surface area contributed by atoms with Crippen LogP contribution in [0, 0.1) is 5.92 Å². The first-order valence-electron chi connectivity index (χ1n) is 7.80. The number of rotatable bonds is 2. The van der Waals surface area contributed by atoms with Gasteiger partial charge in [-0.15, -0.1) is 0 Å². The fraction of sp³-hybridized carbons (Fsp3) is 0.500. The molecule has 0 atom stereocenters. The van der Waals surface area contributed by atoms with Gasteiger partial charge in [0.25, 0.3) is 0 Å². The van der Waals surface area contributed by atoms with E-state index in [1.807, 2.05) is 29.2 Å². The van der Waals surface area contributed by atoms with E-state index in [0.717, 1.165) is 62.4 Å². The smallest absolute Gasteiger partial charge is 0.225 e. The number of H-pyrrole nitrogens is 1. The fourth-order valence-electron chi connectivity index (χ4n) is 3.03. The van der Waals surface area contributed by atoms with Gasteiger partial charge in [-0.1, -0.05) is 12.1 Å². The maximum absolute atomic E-state index is 12.2. The van der Waals surface area contributed by atoms with Crippen molar-refractivity contribution in [2.75, 3.05) is 31.1 Å². The SMILES string of the molecule is O=C(C1CC1)N1CCCN(c2nc3ccccc3[nH]2)CC1. The van der Waals surface area contributed by atoms with Crippen LogP contribution in [0.2, 0.25) is 0 Å². The zero-order valence-electron chi connectivity index (χ0n) is 12.1. The molecule has 1 aliphatic carbocycles. The zero-order valence-corrected chi connectivity index (χ0v) is 12.1. The summed E-state index contributed by atoms with van der Waals surface area (Å²) < 4.78 is 0. The molecule has 1 aromatic carbocycles. The van der Waals surface area contributed by atoms with Crippen molar-refractivity contribution in [2.24, 2.45) is 5.92 Å². The number of benzene rings is 1. The van der Waals surface area contributed by atoms with Crippen molar-refractivity contribution in [3.63, 3.8) is 0 Å². The number of hydrogen-bond donors (Lipinski definition) is 1. The largest absolute Gasteiger partial charge is 0.341 e. The molecule has 1 N–H and O–H groups in total. The van der Waals surface area contributed by atoms with Crippen molar-refractivity contribution in [3.8, 4) is 0 Å². The number of aromatic nitrogens is 2. The predicted molar refractivity (Wildman–Crippen MR) is 82.2 cm³/mol. The first kappa shape index (κ1) is 12.7. The maximum Gasteiger partial charge on any atom is 0.225 e. The fourth-order valence-corrected chi connectivity index (χ4v) is 3.03. The van der Waals surface area contributed by atoms with Gasteiger partial charge < -0.3 is 14.8 Å². The summed E-state index contributed by atoms with van der Waals surface area (Å²) in [5, 5.41) is 0. The number of nitrogens with zero attached hydrogens (tertiary/aromatic N) is 3. The van der Waals surface area contributed by atoms with Crippen molar-refractivity contribution >= 4 is 22.9 Å². The van der Waals surface area contributed by atoms with Gasteiger partial charge in [0.15, 0.2) is 0 Å². The first-order valence-corrected chi connectivity index (χ1v) is 7.80. The van der Waals surface area contributed by atoms with Crippen LogP contribution in [-0.4, -0.2) is 47.0 Å². The van der Waals surface area contributed by atoms with Gasteiger partial charge in [-0.2, -0.15) is 0 Å². The van der Waals surface area contributed by atoms with E-state index in [0.29, 0.717) is 11.8 Å². The summed E-state index contributed by atoms with van der Waals surface area (Å²) >= 11 is 0. The lowest BCUT2D eigenvalue weighted by atomic mass is 10.3. The van der Waals surface area contributed by atoms with Crippen LogP contribution in [-0.2, 0) is 4.79 Å². The summed E-state index contributed by atoms with van der Waals surface area (Å²) in [6.45, 7) is 3.50. The quantitative estimate of drug-likeness (QED) is 0.918. The second-order valence-corrected chi connectivity index (χ2v) is 6.02. The van der Waals surface area contributed by atoms with Gasteiger partial charge >= 0.3 is 0 Å². The van der Waals surface area contributed by atoms with E-state index in [1.165, 1.54) is 0 Å². The molecule has 5 nitrogen and oxygen atoms in total. The molecule has 1 aliphatic heterocycles. The van der Waals surface area contributed by atoms with Gasteiger partial charge in [0.2, 0.25) is 11.9 Å². The highest BCUT2D eigenvalue weighted by Gasteiger charge is 2.34. The molecule has 110 valence electrons. The Kier molecular flexibility index (Phi) is 3.05. The van der Waals surface area contributed by atoms with Crippen molar-refractivity contribution in [1.29, 1.82) is 0 Å². The Bertz CT molecular complexity index is 628. The minimum atomic E-state index is 0.322. The molecule has 1 saturated carbocycles. The van der Waals surface area contributed by atoms with Crippen LogP contribution < -0.4 is 4.90 Å². The molecular formula is C16H20N4O. The van der Waals surface area contributed by atoms with Crippen LogP contribution in [0.4, 0.5) is 5.95 Å². The average molecular weight is 284 g/mol. The minimum absolute atomic E-state index is 0.322. The number of carbonyl (C=O) groups excluding carboxylic acids is 1. The Balaban J connectivity index is 1.49. The molecule has 0 unspecified atom stereocenters. The van der Waals surface area contributed by atoms with E-state index in [9.17, 15) is 4.79 Å². The number of fused-ring (bicyclic) bond motifs is 1. The van der Waals surface area contributed by atoms with Crippen LogP contribution in [0.3, 0.4) is 0 Å². The number of aromatic amines is 1. The van der Waals surface area contributed by atoms with E-state index >= 15 is 0 Å². The Morgan fingerprint density at radius 2 is 2.00 bits per heavy atom. The standard InChI is InChI=1S/C16H20N4O/c21-15(12-6-7-12)19-8-3-9-20(11-10-19)16-17-13-4-1-2-5-14(13)18-16/h1-2,4-5,12H,3,6-11H2,(H,17,18). The van der Waals surface area contributed by atoms with Gasteiger partial charge in [-0.25, -0.2) is 4.98 Å². The number of carbonyl (C=O) groups is 1. The summed E-state index contributed by atoms with van der Waals surface area (Å²) in [6, 6.07) is 8.09. The summed E-state index contributed by atoms with van der Waals surface area (Å²) in [5.41, 5.74) is 2.07. The van der Waals surface area contributed by atoms with Crippen LogP contribution >= 0.6 is 0 Å². The summed E-state index contributed by atoms with van der Waals surface area (Å²) in [4.78, 5) is 24.5. The molecule has 1 aromatic heterocycles. The van der Waals surface area contributed by atoms with Crippen molar-refractivity contribution < 1.29 is 4.79 Å². The van der Waals surface area contributed by atoms with E-state index in [2.05, 4.69) is 14.9 Å². The van der Waals surface area contributed by atoms with Gasteiger partial charge in [0, 0.05) is 32.1 Å². The number of imidazole rings is 1. The van der Waals surface area contributed by atoms with Gasteiger partial charge in [-0.05, 0) is 31.4 Å². The van der Waals surface area contributed by atoms with Crippen LogP contribution in [0.1, 0.15) is 19.3 Å². The molecule has 4 rings (SSSR count). The average Bonchev–Trinajstić information content (AvgIpc) is 3.29. The Morgan fingerprint density at radius 3 is 2.81 bits per heavy atom. The Hall–Kier alpha value is -2.04. The molecule has 0 radical (unpaired) electrons. The number of nitrogens with one attached hydrogen (secondary N) is 1. The monoisotopic (exact) mass is 284 g/mol. The highest BCUT2D eigenvalue weighted by molar-refractivity contribution is 5.81. The summed E-state index contributed by atoms with van der Waals surface area (Å²) in [7, 11) is 0. The lowest BCUT2D eigenvalue weighted by Gasteiger charge is -2.21. The molecule has 21 heavy (non-hydrogen) atoms. The molecular weight excluding hydrogens is 264 g/mol. The van der Waals surface area contributed by atoms with Gasteiger partial charge in [-0.3, -0.25) is 4.79 Å². The minimum Gasteiger partial charge on any atom is -0.341 e. The molecule has 0 spiro atoms. The molecule has 1 saturated heterocycles. The van der Waals surface area contributed by atoms with Gasteiger partial charge in [0.05, 0.1) is 11.0 Å². The number of hydrogen-bond acceptors (Lipinski definition) is 3. The van der Waals surface area contributed by atoms with E-state index in [4.69, 9.17) is 0 Å². The number of amides is 1. The summed E-state index contributed by atoms with van der Waals surface area (Å²) in [6.07, 6.45) is 3.18. The first-order chi connectivity index (χ1) is 10.3. The van der Waals surface area contributed by atoms with Crippen LogP contribution in [0.5, 0.6) is 0 Å². The lowest BCUT2D eigenvalue weighted by molar-refractivity contribution is -0.132. The van der Waals surface area contributed by atoms with Crippen LogP contribution in [0.25, 0.3) is 11.0 Å². The second kappa shape index (κ2) is 5.06. The highest BCUT2D eigenvalue weighted by Crippen LogP contribution is 2.31. The molecule has 0 bridgehead atoms. The molecule has 2 aliphatic rings. The predicted octanol–water partition coefficient (Wildman–Crippen LogP) is 2.01. The van der Waals surface area contributed by atoms with Gasteiger partial charge in [0.1, 0.15) is 0 Å². The van der Waals surface area contributed by atoms with Crippen molar-refractivity contribution in [3.05, 3.63) is 24.3 Å². The summed E-state index contributed by atoms with van der Waals surface area (Å²) in [5.74, 6) is 1.61. The van der Waals surface area contributed by atoms with E-state index < -0.39 is 0 Å². The van der Waals surface area contributed by atoms with Crippen molar-refractivity contribution in [1.82, 2.24) is 14.9 Å². The normalized spacial score (nSPS) is 19.8. The third kappa shape index (κ3) is 2.48. The molecule has 2 aromatic rings. The zero-order chi connectivity index (χ0) is 14.2. The third-order valence-corrected chi connectivity index (χ3v) is 4.41. The molecule has 1 amide bonds. The maximum atomic E-state index is 12.2. The van der Waals surface area contributed by atoms with E-state index in [-0.39, 0.29) is 0 Å². The molecule has 5 heteroatoms. The highest BCUT2D eigenvalue weighted by atomic mass is 16.2. The molecule has 2 fully saturated rings. The van der Waals surface area contributed by atoms with E-state index in [1.54, 1.807) is 0 Å². The lowest BCUT2D eigenvalue weighted by Crippen LogP contribution is -2.36. The number of para-hydroxylation sites is 2. The Morgan fingerprint density at radius 1 is 1.14 bits per heavy atom. The molecule has 2 heterocycles. The van der Waals surface area contributed by atoms with Crippen molar-refractivity contribution in [2.45, 2.75) is 19.3 Å². The number of anilines is 1.